The van der Waals surface area contributed by atoms with Crippen molar-refractivity contribution < 1.29 is 4.74 Å². The van der Waals surface area contributed by atoms with Crippen LogP contribution < -0.4 is 10.2 Å². The lowest BCUT2D eigenvalue weighted by atomic mass is 10.1. The fourth-order valence-corrected chi connectivity index (χ4v) is 3.70. The van der Waals surface area contributed by atoms with E-state index in [0.29, 0.717) is 6.54 Å². The van der Waals surface area contributed by atoms with Crippen molar-refractivity contribution in [2.45, 2.75) is 20.0 Å². The average Bonchev–Trinajstić information content (AvgIpc) is 3.02. The van der Waals surface area contributed by atoms with Crippen LogP contribution in [0.5, 0.6) is 0 Å². The molecular formula is C21H31ClIN5O. The molecule has 1 aromatic heterocycles. The summed E-state index contributed by atoms with van der Waals surface area (Å²) in [7, 11) is 4.06. The lowest BCUT2D eigenvalue weighted by Gasteiger charge is -2.30. The fraction of sp³-hybridized carbons (Fsp3) is 0.476. The highest BCUT2D eigenvalue weighted by Gasteiger charge is 2.15. The Morgan fingerprint density at radius 1 is 1.28 bits per heavy atom. The number of hydrogen-bond donors (Lipinski definition) is 1. The molecule has 0 atom stereocenters. The van der Waals surface area contributed by atoms with Gasteiger partial charge >= 0.3 is 0 Å². The number of anilines is 1. The topological polar surface area (TPSA) is 45.0 Å². The molecule has 0 aliphatic carbocycles. The van der Waals surface area contributed by atoms with E-state index in [4.69, 9.17) is 21.3 Å². The maximum absolute atomic E-state index is 6.12. The van der Waals surface area contributed by atoms with Gasteiger partial charge in [-0.25, -0.2) is 4.99 Å². The molecule has 1 saturated heterocycles. The molecule has 1 aliphatic rings. The van der Waals surface area contributed by atoms with Crippen LogP contribution in [-0.4, -0.2) is 55.3 Å². The molecule has 2 heterocycles. The Kier molecular flexibility index (Phi) is 9.58. The number of benzene rings is 1. The average molecular weight is 532 g/mol. The van der Waals surface area contributed by atoms with Crippen LogP contribution in [0.25, 0.3) is 0 Å². The molecule has 0 bridgehead atoms. The van der Waals surface area contributed by atoms with Gasteiger partial charge in [0, 0.05) is 51.3 Å². The van der Waals surface area contributed by atoms with Crippen molar-refractivity contribution in [1.29, 1.82) is 0 Å². The van der Waals surface area contributed by atoms with Gasteiger partial charge < -0.3 is 24.4 Å². The van der Waals surface area contributed by atoms with E-state index in [-0.39, 0.29) is 24.0 Å². The quantitative estimate of drug-likeness (QED) is 0.351. The molecule has 3 rings (SSSR count). The molecule has 0 unspecified atom stereocenters. The lowest BCUT2D eigenvalue weighted by molar-refractivity contribution is 0.122. The zero-order valence-corrected chi connectivity index (χ0v) is 20.5. The Hall–Kier alpha value is -1.45. The first-order valence-electron chi connectivity index (χ1n) is 9.79. The van der Waals surface area contributed by atoms with Crippen molar-refractivity contribution in [3.05, 3.63) is 52.8 Å². The van der Waals surface area contributed by atoms with Gasteiger partial charge in [-0.3, -0.25) is 0 Å². The number of hydrogen-bond acceptors (Lipinski definition) is 3. The third-order valence-electron chi connectivity index (χ3n) is 4.91. The van der Waals surface area contributed by atoms with E-state index in [1.807, 2.05) is 19.3 Å². The number of halogens is 2. The van der Waals surface area contributed by atoms with Crippen LogP contribution >= 0.6 is 35.6 Å². The molecule has 6 nitrogen and oxygen atoms in total. The SMILES string of the molecule is CCNC(=NCc1ccccc1N1CCOCC1)N(C)Cc1cc(Cl)cn1C.I. The van der Waals surface area contributed by atoms with Crippen LogP contribution in [0.15, 0.2) is 41.5 Å². The van der Waals surface area contributed by atoms with Crippen LogP contribution in [0.3, 0.4) is 0 Å². The van der Waals surface area contributed by atoms with E-state index in [9.17, 15) is 0 Å². The maximum atomic E-state index is 6.12. The first kappa shape index (κ1) is 23.8. The van der Waals surface area contributed by atoms with E-state index in [2.05, 4.69) is 57.9 Å². The number of morpholine rings is 1. The minimum absolute atomic E-state index is 0. The summed E-state index contributed by atoms with van der Waals surface area (Å²) in [6.45, 7) is 7.69. The van der Waals surface area contributed by atoms with Crippen molar-refractivity contribution in [3.8, 4) is 0 Å². The predicted octanol–water partition coefficient (Wildman–Crippen LogP) is 3.73. The number of aliphatic imine (C=N–C) groups is 1. The predicted molar refractivity (Wildman–Crippen MR) is 132 cm³/mol. The highest BCUT2D eigenvalue weighted by atomic mass is 127. The van der Waals surface area contributed by atoms with Gasteiger partial charge in [-0.2, -0.15) is 0 Å². The van der Waals surface area contributed by atoms with E-state index in [0.717, 1.165) is 56.1 Å². The number of nitrogens with zero attached hydrogens (tertiary/aromatic N) is 4. The Labute approximate surface area is 195 Å². The second-order valence-corrected chi connectivity index (χ2v) is 7.45. The second-order valence-electron chi connectivity index (χ2n) is 7.01. The Morgan fingerprint density at radius 3 is 2.66 bits per heavy atom. The van der Waals surface area contributed by atoms with Crippen molar-refractivity contribution in [2.75, 3.05) is 44.8 Å². The molecule has 0 amide bonds. The standard InChI is InChI=1S/C21H30ClN5O.HI/c1-4-23-21(26(3)16-19-13-18(22)15-25(19)2)24-14-17-7-5-6-8-20(17)27-9-11-28-12-10-27;/h5-8,13,15H,4,9-12,14,16H2,1-3H3,(H,23,24);1H. The summed E-state index contributed by atoms with van der Waals surface area (Å²) < 4.78 is 7.55. The third-order valence-corrected chi connectivity index (χ3v) is 5.12. The van der Waals surface area contributed by atoms with Crippen LogP contribution in [0, 0.1) is 0 Å². The number of para-hydroxylation sites is 1. The van der Waals surface area contributed by atoms with Gasteiger partial charge in [0.25, 0.3) is 0 Å². The van der Waals surface area contributed by atoms with E-state index in [1.54, 1.807) is 0 Å². The van der Waals surface area contributed by atoms with Crippen LogP contribution in [-0.2, 0) is 24.9 Å². The van der Waals surface area contributed by atoms with Crippen LogP contribution in [0.2, 0.25) is 5.02 Å². The molecule has 160 valence electrons. The van der Waals surface area contributed by atoms with Crippen molar-refractivity contribution >= 4 is 47.2 Å². The van der Waals surface area contributed by atoms with Crippen molar-refractivity contribution in [1.82, 2.24) is 14.8 Å². The summed E-state index contributed by atoms with van der Waals surface area (Å²) >= 11 is 6.12. The largest absolute Gasteiger partial charge is 0.378 e. The summed E-state index contributed by atoms with van der Waals surface area (Å²) in [5.41, 5.74) is 3.63. The molecule has 29 heavy (non-hydrogen) atoms. The summed E-state index contributed by atoms with van der Waals surface area (Å²) in [4.78, 5) is 9.42. The number of nitrogens with one attached hydrogen (secondary N) is 1. The number of rotatable bonds is 6. The van der Waals surface area contributed by atoms with E-state index >= 15 is 0 Å². The van der Waals surface area contributed by atoms with Gasteiger partial charge in [0.05, 0.1) is 31.3 Å². The maximum Gasteiger partial charge on any atom is 0.194 e. The molecule has 0 spiro atoms. The Morgan fingerprint density at radius 2 is 2.00 bits per heavy atom. The molecule has 1 aromatic carbocycles. The van der Waals surface area contributed by atoms with Crippen LogP contribution in [0.1, 0.15) is 18.2 Å². The van der Waals surface area contributed by atoms with Gasteiger partial charge in [-0.05, 0) is 24.6 Å². The summed E-state index contributed by atoms with van der Waals surface area (Å²) in [5, 5.41) is 4.15. The van der Waals surface area contributed by atoms with Crippen molar-refractivity contribution in [2.24, 2.45) is 12.0 Å². The molecule has 1 N–H and O–H groups in total. The molecule has 1 aliphatic heterocycles. The Balaban J connectivity index is 0.00000300. The van der Waals surface area contributed by atoms with E-state index in [1.165, 1.54) is 11.3 Å². The first-order chi connectivity index (χ1) is 13.6. The summed E-state index contributed by atoms with van der Waals surface area (Å²) in [6, 6.07) is 10.5. The minimum Gasteiger partial charge on any atom is -0.378 e. The number of ether oxygens (including phenoxy) is 1. The number of aromatic nitrogens is 1. The minimum atomic E-state index is 0. The number of guanidine groups is 1. The fourth-order valence-electron chi connectivity index (χ4n) is 3.43. The van der Waals surface area contributed by atoms with Gasteiger partial charge in [0.2, 0.25) is 0 Å². The van der Waals surface area contributed by atoms with Gasteiger partial charge in [-0.1, -0.05) is 29.8 Å². The molecule has 2 aromatic rings. The molecular weight excluding hydrogens is 501 g/mol. The second kappa shape index (κ2) is 11.7. The number of aryl methyl sites for hydroxylation is 1. The van der Waals surface area contributed by atoms with Gasteiger partial charge in [0.1, 0.15) is 0 Å². The first-order valence-corrected chi connectivity index (χ1v) is 10.2. The molecule has 0 radical (unpaired) electrons. The molecule has 8 heteroatoms. The molecule has 0 saturated carbocycles. The van der Waals surface area contributed by atoms with Gasteiger partial charge in [-0.15, -0.1) is 24.0 Å². The third kappa shape index (κ3) is 6.52. The highest BCUT2D eigenvalue weighted by Crippen LogP contribution is 2.22. The van der Waals surface area contributed by atoms with Crippen molar-refractivity contribution in [3.63, 3.8) is 0 Å². The summed E-state index contributed by atoms with van der Waals surface area (Å²) in [5.74, 6) is 0.886. The van der Waals surface area contributed by atoms with E-state index < -0.39 is 0 Å². The smallest absolute Gasteiger partial charge is 0.194 e. The Bertz CT molecular complexity index is 804. The van der Waals surface area contributed by atoms with Gasteiger partial charge in [0.15, 0.2) is 5.96 Å². The van der Waals surface area contributed by atoms with Crippen LogP contribution in [0.4, 0.5) is 5.69 Å². The molecule has 1 fully saturated rings. The normalized spacial score (nSPS) is 14.5. The monoisotopic (exact) mass is 531 g/mol. The zero-order valence-electron chi connectivity index (χ0n) is 17.4. The summed E-state index contributed by atoms with van der Waals surface area (Å²) in [6.07, 6.45) is 1.92. The highest BCUT2D eigenvalue weighted by molar-refractivity contribution is 14.0. The lowest BCUT2D eigenvalue weighted by Crippen LogP contribution is -2.39. The zero-order chi connectivity index (χ0) is 19.9.